The third-order valence-electron chi connectivity index (χ3n) is 8.84. The van der Waals surface area contributed by atoms with E-state index >= 15 is 0 Å². The highest BCUT2D eigenvalue weighted by molar-refractivity contribution is 6.12. The van der Waals surface area contributed by atoms with Crippen LogP contribution in [0.1, 0.15) is 11.1 Å². The first-order valence-corrected chi connectivity index (χ1v) is 16.1. The molecule has 0 spiro atoms. The van der Waals surface area contributed by atoms with E-state index in [-0.39, 0.29) is 0 Å². The number of benzene rings is 8. The topological polar surface area (TPSA) is 3.24 Å². The zero-order valence-corrected chi connectivity index (χ0v) is 26.0. The number of para-hydroxylation sites is 2. The van der Waals surface area contributed by atoms with E-state index in [4.69, 9.17) is 0 Å². The Balaban J connectivity index is 1.01. The molecular formula is C46H33N. The first-order valence-electron chi connectivity index (χ1n) is 16.1. The van der Waals surface area contributed by atoms with Crippen LogP contribution in [-0.4, -0.2) is 0 Å². The van der Waals surface area contributed by atoms with Gasteiger partial charge in [0.1, 0.15) is 0 Å². The SMILES string of the molecule is C(=Cc1ccc(N(c2ccccc2)c2ccccc2)cc1)c1ccc(-c2ccc(-c3c4ccccc4cc4ccccc34)cc2)cc1. The standard InChI is InChI=1S/C46H33N/c1-3-13-41(14-4-1)47(42-15-5-2-6-16-42)43-31-23-35(24-32-43)20-19-34-21-25-36(26-22-34)37-27-29-38(30-28-37)46-44-17-9-7-11-39(44)33-40-12-8-10-18-45(40)46/h1-33H. The molecule has 0 aliphatic heterocycles. The fraction of sp³-hybridized carbons (Fsp3) is 0. The predicted octanol–water partition coefficient (Wildman–Crippen LogP) is 13.0. The Labute approximate surface area is 276 Å². The van der Waals surface area contributed by atoms with Crippen LogP contribution >= 0.6 is 0 Å². The Kier molecular flexibility index (Phi) is 7.63. The highest BCUT2D eigenvalue weighted by Crippen LogP contribution is 2.37. The molecule has 47 heavy (non-hydrogen) atoms. The molecule has 1 nitrogen and oxygen atoms in total. The zero-order valence-electron chi connectivity index (χ0n) is 26.0. The van der Waals surface area contributed by atoms with Gasteiger partial charge in [-0.15, -0.1) is 0 Å². The molecule has 0 fully saturated rings. The molecule has 0 aliphatic carbocycles. The summed E-state index contributed by atoms with van der Waals surface area (Å²) < 4.78 is 0. The first kappa shape index (κ1) is 28.3. The van der Waals surface area contributed by atoms with E-state index in [9.17, 15) is 0 Å². The minimum Gasteiger partial charge on any atom is -0.311 e. The fourth-order valence-electron chi connectivity index (χ4n) is 6.47. The van der Waals surface area contributed by atoms with Gasteiger partial charge in [-0.25, -0.2) is 0 Å². The van der Waals surface area contributed by atoms with Gasteiger partial charge in [-0.3, -0.25) is 0 Å². The van der Waals surface area contributed by atoms with E-state index < -0.39 is 0 Å². The Morgan fingerprint density at radius 2 is 0.702 bits per heavy atom. The van der Waals surface area contributed by atoms with Crippen molar-refractivity contribution in [1.29, 1.82) is 0 Å². The Morgan fingerprint density at radius 1 is 0.319 bits per heavy atom. The molecule has 0 saturated carbocycles. The molecule has 0 radical (unpaired) electrons. The van der Waals surface area contributed by atoms with Crippen molar-refractivity contribution in [1.82, 2.24) is 0 Å². The lowest BCUT2D eigenvalue weighted by Crippen LogP contribution is -2.09. The Morgan fingerprint density at radius 3 is 1.21 bits per heavy atom. The maximum absolute atomic E-state index is 2.29. The summed E-state index contributed by atoms with van der Waals surface area (Å²) in [6.07, 6.45) is 4.36. The first-order chi connectivity index (χ1) is 23.3. The van der Waals surface area contributed by atoms with Gasteiger partial charge in [0.2, 0.25) is 0 Å². The van der Waals surface area contributed by atoms with Crippen molar-refractivity contribution < 1.29 is 0 Å². The summed E-state index contributed by atoms with van der Waals surface area (Å²) >= 11 is 0. The van der Waals surface area contributed by atoms with E-state index in [1.165, 1.54) is 49.4 Å². The van der Waals surface area contributed by atoms with Crippen molar-refractivity contribution in [3.8, 4) is 22.3 Å². The van der Waals surface area contributed by atoms with Crippen molar-refractivity contribution in [2.24, 2.45) is 0 Å². The van der Waals surface area contributed by atoms with Gasteiger partial charge in [0.25, 0.3) is 0 Å². The lowest BCUT2D eigenvalue weighted by atomic mass is 9.91. The Hall–Kier alpha value is -6.18. The van der Waals surface area contributed by atoms with Crippen molar-refractivity contribution in [3.63, 3.8) is 0 Å². The highest BCUT2D eigenvalue weighted by atomic mass is 15.1. The maximum atomic E-state index is 2.29. The largest absolute Gasteiger partial charge is 0.311 e. The molecule has 0 amide bonds. The summed E-state index contributed by atoms with van der Waals surface area (Å²) in [6, 6.07) is 67.2. The summed E-state index contributed by atoms with van der Waals surface area (Å²) in [5, 5.41) is 5.11. The molecule has 1 heteroatoms. The quantitative estimate of drug-likeness (QED) is 0.130. The Bertz CT molecular complexity index is 2210. The summed E-state index contributed by atoms with van der Waals surface area (Å²) in [6.45, 7) is 0. The van der Waals surface area contributed by atoms with Crippen LogP contribution in [-0.2, 0) is 0 Å². The van der Waals surface area contributed by atoms with Crippen LogP contribution in [0.4, 0.5) is 17.1 Å². The minimum atomic E-state index is 1.13. The summed E-state index contributed by atoms with van der Waals surface area (Å²) in [5.74, 6) is 0. The second-order valence-corrected chi connectivity index (χ2v) is 11.8. The normalized spacial score (nSPS) is 11.3. The molecule has 0 saturated heterocycles. The molecule has 0 aliphatic rings. The van der Waals surface area contributed by atoms with Gasteiger partial charge >= 0.3 is 0 Å². The second kappa shape index (κ2) is 12.7. The van der Waals surface area contributed by atoms with Crippen molar-refractivity contribution in [2.75, 3.05) is 4.90 Å². The second-order valence-electron chi connectivity index (χ2n) is 11.8. The summed E-state index contributed by atoms with van der Waals surface area (Å²) in [5.41, 5.74) is 10.7. The zero-order chi connectivity index (χ0) is 31.4. The van der Waals surface area contributed by atoms with E-state index in [1.807, 2.05) is 0 Å². The van der Waals surface area contributed by atoms with Crippen LogP contribution < -0.4 is 4.90 Å². The average Bonchev–Trinajstić information content (AvgIpc) is 3.15. The molecule has 8 rings (SSSR count). The lowest BCUT2D eigenvalue weighted by molar-refractivity contribution is 1.28. The van der Waals surface area contributed by atoms with Crippen molar-refractivity contribution in [3.05, 3.63) is 199 Å². The van der Waals surface area contributed by atoms with Crippen LogP contribution in [0.3, 0.4) is 0 Å². The molecule has 222 valence electrons. The van der Waals surface area contributed by atoms with Crippen molar-refractivity contribution >= 4 is 50.8 Å². The lowest BCUT2D eigenvalue weighted by Gasteiger charge is -2.25. The van der Waals surface area contributed by atoms with Gasteiger partial charge in [0, 0.05) is 17.1 Å². The molecule has 0 atom stereocenters. The van der Waals surface area contributed by atoms with Gasteiger partial charge in [0.15, 0.2) is 0 Å². The fourth-order valence-corrected chi connectivity index (χ4v) is 6.47. The van der Waals surface area contributed by atoms with Gasteiger partial charge in [-0.1, -0.05) is 158 Å². The molecule has 0 aromatic heterocycles. The predicted molar refractivity (Wildman–Crippen MR) is 202 cm³/mol. The summed E-state index contributed by atoms with van der Waals surface area (Å²) in [4.78, 5) is 2.28. The van der Waals surface area contributed by atoms with E-state index in [1.54, 1.807) is 0 Å². The highest BCUT2D eigenvalue weighted by Gasteiger charge is 2.12. The van der Waals surface area contributed by atoms with Crippen LogP contribution in [0.2, 0.25) is 0 Å². The van der Waals surface area contributed by atoms with Crippen LogP contribution in [0.5, 0.6) is 0 Å². The monoisotopic (exact) mass is 599 g/mol. The minimum absolute atomic E-state index is 1.13. The number of nitrogens with zero attached hydrogens (tertiary/aromatic N) is 1. The third kappa shape index (κ3) is 5.83. The van der Waals surface area contributed by atoms with Crippen LogP contribution in [0, 0.1) is 0 Å². The number of hydrogen-bond acceptors (Lipinski definition) is 1. The molecule has 0 N–H and O–H groups in total. The molecule has 8 aromatic rings. The third-order valence-corrected chi connectivity index (χ3v) is 8.84. The number of anilines is 3. The number of hydrogen-bond donors (Lipinski definition) is 0. The molecule has 0 bridgehead atoms. The van der Waals surface area contributed by atoms with Gasteiger partial charge in [-0.2, -0.15) is 0 Å². The summed E-state index contributed by atoms with van der Waals surface area (Å²) in [7, 11) is 0. The van der Waals surface area contributed by atoms with E-state index in [2.05, 4.69) is 205 Å². The average molecular weight is 600 g/mol. The van der Waals surface area contributed by atoms with Crippen molar-refractivity contribution in [2.45, 2.75) is 0 Å². The molecule has 0 unspecified atom stereocenters. The maximum Gasteiger partial charge on any atom is 0.0462 e. The van der Waals surface area contributed by atoms with Gasteiger partial charge in [0.05, 0.1) is 0 Å². The number of fused-ring (bicyclic) bond motifs is 2. The van der Waals surface area contributed by atoms with Crippen LogP contribution in [0.15, 0.2) is 188 Å². The van der Waals surface area contributed by atoms with E-state index in [0.717, 1.165) is 22.6 Å². The number of rotatable bonds is 7. The van der Waals surface area contributed by atoms with Crippen LogP contribution in [0.25, 0.3) is 56.0 Å². The molecular weight excluding hydrogens is 567 g/mol. The van der Waals surface area contributed by atoms with E-state index in [0.29, 0.717) is 0 Å². The van der Waals surface area contributed by atoms with Gasteiger partial charge in [-0.05, 0) is 97.4 Å². The smallest absolute Gasteiger partial charge is 0.0462 e. The molecule has 0 heterocycles. The molecule has 8 aromatic carbocycles. The van der Waals surface area contributed by atoms with Gasteiger partial charge < -0.3 is 4.90 Å².